The normalized spacial score (nSPS) is 12.5. The highest BCUT2D eigenvalue weighted by Crippen LogP contribution is 2.40. The van der Waals surface area contributed by atoms with Crippen LogP contribution in [-0.4, -0.2) is 23.2 Å². The van der Waals surface area contributed by atoms with Gasteiger partial charge in [-0.2, -0.15) is 5.26 Å². The Morgan fingerprint density at radius 3 is 1.61 bits per heavy atom. The lowest BCUT2D eigenvalue weighted by Gasteiger charge is -2.14. The van der Waals surface area contributed by atoms with Crippen LogP contribution in [0.15, 0.2) is 103 Å². The number of benzene rings is 6. The fourth-order valence-electron chi connectivity index (χ4n) is 7.27. The van der Waals surface area contributed by atoms with Crippen molar-refractivity contribution >= 4 is 71.7 Å². The minimum absolute atomic E-state index is 0.295. The van der Waals surface area contributed by atoms with Crippen LogP contribution >= 0.6 is 0 Å². The second-order valence-corrected chi connectivity index (χ2v) is 12.1. The molecular weight excluding hydrogens is 540 g/mol. The van der Waals surface area contributed by atoms with E-state index >= 15 is 0 Å². The van der Waals surface area contributed by atoms with Crippen LogP contribution in [0.4, 0.5) is 0 Å². The van der Waals surface area contributed by atoms with Gasteiger partial charge in [0.25, 0.3) is 0 Å². The highest BCUT2D eigenvalue weighted by atomic mass is 15.3. The quantitative estimate of drug-likeness (QED) is 0.210. The first-order valence-corrected chi connectivity index (χ1v) is 14.9. The Balaban J connectivity index is 1.44. The Morgan fingerprint density at radius 1 is 0.591 bits per heavy atom. The van der Waals surface area contributed by atoms with Crippen molar-refractivity contribution in [3.63, 3.8) is 0 Å². The van der Waals surface area contributed by atoms with Gasteiger partial charge in [-0.15, -0.1) is 0 Å². The number of fused-ring (bicyclic) bond motifs is 12. The van der Waals surface area contributed by atoms with Crippen LogP contribution in [0.1, 0.15) is 30.9 Å². The van der Waals surface area contributed by atoms with Crippen molar-refractivity contribution in [1.82, 2.24) is 23.2 Å². The van der Waals surface area contributed by atoms with E-state index < -0.39 is 0 Å². The summed E-state index contributed by atoms with van der Waals surface area (Å²) in [5.41, 5.74) is 11.3. The molecule has 0 saturated carbocycles. The third kappa shape index (κ3) is 2.93. The van der Waals surface area contributed by atoms with Gasteiger partial charge in [0.2, 0.25) is 11.6 Å². The molecule has 0 bridgehead atoms. The summed E-state index contributed by atoms with van der Waals surface area (Å²) in [6.45, 7) is 4.41. The summed E-state index contributed by atoms with van der Waals surface area (Å²) < 4.78 is 6.79. The molecule has 6 aromatic carbocycles. The SMILES string of the molecule is CC(C)c1ccc(C#N)cc1-c1cc2c3c(c1)n1c4cc5ccccc5cc4nc1n3c1nc3cc4ccccc4cc3n21. The summed E-state index contributed by atoms with van der Waals surface area (Å²) >= 11 is 0. The van der Waals surface area contributed by atoms with Crippen molar-refractivity contribution in [2.75, 3.05) is 0 Å². The van der Waals surface area contributed by atoms with Gasteiger partial charge in [-0.25, -0.2) is 14.4 Å². The first-order valence-electron chi connectivity index (χ1n) is 14.9. The summed E-state index contributed by atoms with van der Waals surface area (Å²) in [6, 6.07) is 38.7. The standard InChI is InChI=1S/C38H24N6/c1-21(2)28-12-11-22(20-39)13-29(28)27-18-34-36-35(19-27)43-33-17-26-10-6-4-8-24(26)15-31(33)41-38(43)44(36)37-40-30-14-23-7-3-5-9-25(23)16-32(30)42(34)37/h3-19,21H,1-2H3. The van der Waals surface area contributed by atoms with Gasteiger partial charge in [-0.3, -0.25) is 8.80 Å². The van der Waals surface area contributed by atoms with E-state index in [1.807, 2.05) is 12.1 Å². The molecule has 0 saturated heterocycles. The molecule has 0 radical (unpaired) electrons. The zero-order valence-corrected chi connectivity index (χ0v) is 24.1. The number of nitrogens with zero attached hydrogens (tertiary/aromatic N) is 6. The van der Waals surface area contributed by atoms with Crippen LogP contribution in [0.25, 0.3) is 82.8 Å². The zero-order valence-electron chi connectivity index (χ0n) is 24.1. The van der Waals surface area contributed by atoms with Gasteiger partial charge in [0.15, 0.2) is 0 Å². The molecule has 0 aliphatic heterocycles. The molecule has 206 valence electrons. The summed E-state index contributed by atoms with van der Waals surface area (Å²) in [5.74, 6) is 1.98. The van der Waals surface area contributed by atoms with Crippen molar-refractivity contribution in [2.45, 2.75) is 19.8 Å². The fourth-order valence-corrected chi connectivity index (χ4v) is 7.27. The zero-order chi connectivity index (χ0) is 29.3. The van der Waals surface area contributed by atoms with Crippen LogP contribution in [0.3, 0.4) is 0 Å². The Bertz CT molecular complexity index is 2720. The molecule has 0 aliphatic carbocycles. The second-order valence-electron chi connectivity index (χ2n) is 12.1. The minimum Gasteiger partial charge on any atom is -0.276 e. The molecule has 0 spiro atoms. The molecule has 0 N–H and O–H groups in total. The molecule has 4 aromatic heterocycles. The average Bonchev–Trinajstić information content (AvgIpc) is 3.76. The van der Waals surface area contributed by atoms with E-state index in [-0.39, 0.29) is 0 Å². The molecule has 4 heterocycles. The maximum Gasteiger partial charge on any atom is 0.223 e. The van der Waals surface area contributed by atoms with Gasteiger partial charge in [-0.1, -0.05) is 68.4 Å². The second kappa shape index (κ2) is 8.12. The minimum atomic E-state index is 0.295. The Hall–Kier alpha value is -5.93. The molecule has 10 aromatic rings. The average molecular weight is 565 g/mol. The largest absolute Gasteiger partial charge is 0.276 e. The van der Waals surface area contributed by atoms with Crippen molar-refractivity contribution in [3.8, 4) is 17.2 Å². The molecule has 0 unspecified atom stereocenters. The maximum atomic E-state index is 9.83. The summed E-state index contributed by atoms with van der Waals surface area (Å²) in [7, 11) is 0. The number of hydrogen-bond donors (Lipinski definition) is 0. The fraction of sp³-hybridized carbons (Fsp3) is 0.0789. The molecule has 44 heavy (non-hydrogen) atoms. The van der Waals surface area contributed by atoms with Crippen LogP contribution in [0.2, 0.25) is 0 Å². The maximum absolute atomic E-state index is 9.83. The predicted molar refractivity (Wildman–Crippen MR) is 178 cm³/mol. The molecular formula is C38H24N6. The summed E-state index contributed by atoms with van der Waals surface area (Å²) in [5, 5.41) is 14.5. The molecule has 10 rings (SSSR count). The van der Waals surface area contributed by atoms with Gasteiger partial charge in [0.1, 0.15) is 5.52 Å². The number of aromatic nitrogens is 5. The number of rotatable bonds is 2. The highest BCUT2D eigenvalue weighted by Gasteiger charge is 2.25. The van der Waals surface area contributed by atoms with E-state index in [1.165, 1.54) is 27.1 Å². The van der Waals surface area contributed by atoms with Gasteiger partial charge in [0, 0.05) is 0 Å². The Morgan fingerprint density at radius 2 is 1.11 bits per heavy atom. The van der Waals surface area contributed by atoms with Crippen LogP contribution in [0, 0.1) is 11.3 Å². The Labute approximate surface area is 251 Å². The third-order valence-electron chi connectivity index (χ3n) is 9.30. The van der Waals surface area contributed by atoms with Crippen molar-refractivity contribution in [1.29, 1.82) is 5.26 Å². The van der Waals surface area contributed by atoms with E-state index in [0.29, 0.717) is 11.5 Å². The smallest absolute Gasteiger partial charge is 0.223 e. The lowest BCUT2D eigenvalue weighted by Crippen LogP contribution is -1.95. The first kappa shape index (κ1) is 23.6. The lowest BCUT2D eigenvalue weighted by molar-refractivity contribution is 0.869. The van der Waals surface area contributed by atoms with E-state index in [1.54, 1.807) is 0 Å². The molecule has 0 aliphatic rings. The van der Waals surface area contributed by atoms with E-state index in [2.05, 4.69) is 124 Å². The topological polar surface area (TPSA) is 62.8 Å². The molecule has 6 nitrogen and oxygen atoms in total. The molecule has 6 heteroatoms. The summed E-state index contributed by atoms with van der Waals surface area (Å²) in [4.78, 5) is 10.5. The number of nitriles is 1. The third-order valence-corrected chi connectivity index (χ3v) is 9.30. The van der Waals surface area contributed by atoms with E-state index in [9.17, 15) is 5.26 Å². The monoisotopic (exact) mass is 564 g/mol. The van der Waals surface area contributed by atoms with Gasteiger partial charge >= 0.3 is 0 Å². The van der Waals surface area contributed by atoms with Crippen molar-refractivity contribution < 1.29 is 0 Å². The number of imidazole rings is 4. The lowest BCUT2D eigenvalue weighted by atomic mass is 9.91. The van der Waals surface area contributed by atoms with Gasteiger partial charge < -0.3 is 0 Å². The molecule has 0 fully saturated rings. The van der Waals surface area contributed by atoms with E-state index in [0.717, 1.165) is 61.3 Å². The first-order chi connectivity index (χ1) is 21.6. The molecule has 0 amide bonds. The van der Waals surface area contributed by atoms with Gasteiger partial charge in [0.05, 0.1) is 44.7 Å². The highest BCUT2D eigenvalue weighted by molar-refractivity contribution is 6.08. The van der Waals surface area contributed by atoms with Crippen LogP contribution < -0.4 is 0 Å². The van der Waals surface area contributed by atoms with Crippen molar-refractivity contribution in [2.24, 2.45) is 0 Å². The van der Waals surface area contributed by atoms with Crippen molar-refractivity contribution in [3.05, 3.63) is 114 Å². The van der Waals surface area contributed by atoms with Crippen LogP contribution in [0.5, 0.6) is 0 Å². The molecule has 0 atom stereocenters. The predicted octanol–water partition coefficient (Wildman–Crippen LogP) is 9.10. The van der Waals surface area contributed by atoms with Crippen LogP contribution in [-0.2, 0) is 0 Å². The Kier molecular flexibility index (Phi) is 4.36. The van der Waals surface area contributed by atoms with Gasteiger partial charge in [-0.05, 0) is 92.7 Å². The summed E-state index contributed by atoms with van der Waals surface area (Å²) in [6.07, 6.45) is 0. The van der Waals surface area contributed by atoms with E-state index in [4.69, 9.17) is 9.97 Å². The number of hydrogen-bond acceptors (Lipinski definition) is 3.